The molecule has 0 spiro atoms. The number of hydrogen-bond acceptors (Lipinski definition) is 3. The van der Waals surface area contributed by atoms with Gasteiger partial charge in [0.05, 0.1) is 17.4 Å². The standard InChI is InChI=1S/C12H8ClN3S/c13-10-6-14-7-12(16-10)17-11-5-8-3-1-2-4-9(8)15-11/h1-7,15H. The fraction of sp³-hybridized carbons (Fsp3) is 0. The molecule has 0 aliphatic rings. The van der Waals surface area contributed by atoms with Crippen molar-refractivity contribution in [3.05, 3.63) is 47.9 Å². The molecular formula is C12H8ClN3S. The van der Waals surface area contributed by atoms with Gasteiger partial charge in [0.2, 0.25) is 0 Å². The molecule has 0 fully saturated rings. The van der Waals surface area contributed by atoms with Crippen LogP contribution >= 0.6 is 23.4 Å². The lowest BCUT2D eigenvalue weighted by atomic mass is 10.3. The van der Waals surface area contributed by atoms with Gasteiger partial charge in [0, 0.05) is 10.9 Å². The lowest BCUT2D eigenvalue weighted by Crippen LogP contribution is -1.82. The zero-order valence-electron chi connectivity index (χ0n) is 8.72. The highest BCUT2D eigenvalue weighted by molar-refractivity contribution is 7.99. The van der Waals surface area contributed by atoms with E-state index in [2.05, 4.69) is 27.1 Å². The molecule has 3 nitrogen and oxygen atoms in total. The van der Waals surface area contributed by atoms with E-state index >= 15 is 0 Å². The van der Waals surface area contributed by atoms with Gasteiger partial charge in [-0.1, -0.05) is 41.6 Å². The van der Waals surface area contributed by atoms with E-state index in [1.807, 2.05) is 18.2 Å². The van der Waals surface area contributed by atoms with Gasteiger partial charge in [-0.2, -0.15) is 0 Å². The van der Waals surface area contributed by atoms with E-state index in [-0.39, 0.29) is 0 Å². The molecule has 3 rings (SSSR count). The van der Waals surface area contributed by atoms with Crippen molar-refractivity contribution in [2.45, 2.75) is 10.1 Å². The normalized spacial score (nSPS) is 10.9. The van der Waals surface area contributed by atoms with Crippen LogP contribution in [0.4, 0.5) is 0 Å². The molecule has 2 heterocycles. The molecule has 2 aromatic heterocycles. The highest BCUT2D eigenvalue weighted by atomic mass is 35.5. The maximum absolute atomic E-state index is 5.79. The lowest BCUT2D eigenvalue weighted by molar-refractivity contribution is 1.05. The minimum atomic E-state index is 0.408. The smallest absolute Gasteiger partial charge is 0.148 e. The molecule has 17 heavy (non-hydrogen) atoms. The Morgan fingerprint density at radius 2 is 2.06 bits per heavy atom. The summed E-state index contributed by atoms with van der Waals surface area (Å²) in [5.74, 6) is 0. The average molecular weight is 262 g/mol. The highest BCUT2D eigenvalue weighted by Crippen LogP contribution is 2.28. The summed E-state index contributed by atoms with van der Waals surface area (Å²) in [5.41, 5.74) is 1.12. The van der Waals surface area contributed by atoms with Crippen LogP contribution in [-0.4, -0.2) is 15.0 Å². The molecule has 3 aromatic rings. The second-order valence-corrected chi connectivity index (χ2v) is 4.95. The number of aromatic nitrogens is 3. The molecule has 0 aliphatic carbocycles. The summed E-state index contributed by atoms with van der Waals surface area (Å²) in [5, 5.41) is 3.41. The second kappa shape index (κ2) is 4.39. The van der Waals surface area contributed by atoms with Crippen LogP contribution in [-0.2, 0) is 0 Å². The number of aromatic amines is 1. The van der Waals surface area contributed by atoms with E-state index in [0.717, 1.165) is 15.6 Å². The van der Waals surface area contributed by atoms with E-state index in [4.69, 9.17) is 11.6 Å². The van der Waals surface area contributed by atoms with Crippen LogP contribution in [0.25, 0.3) is 10.9 Å². The molecular weight excluding hydrogens is 254 g/mol. The van der Waals surface area contributed by atoms with Crippen molar-refractivity contribution in [2.24, 2.45) is 0 Å². The molecule has 0 saturated heterocycles. The number of fused-ring (bicyclic) bond motifs is 1. The minimum Gasteiger partial charge on any atom is -0.349 e. The Kier molecular flexibility index (Phi) is 2.74. The molecule has 84 valence electrons. The number of H-pyrrole nitrogens is 1. The van der Waals surface area contributed by atoms with Crippen LogP contribution in [0.5, 0.6) is 0 Å². The van der Waals surface area contributed by atoms with Gasteiger partial charge in [-0.05, 0) is 12.1 Å². The summed E-state index contributed by atoms with van der Waals surface area (Å²) in [4.78, 5) is 11.5. The van der Waals surface area contributed by atoms with Crippen molar-refractivity contribution in [2.75, 3.05) is 0 Å². The Balaban J connectivity index is 1.94. The number of rotatable bonds is 2. The first-order chi connectivity index (χ1) is 8.31. The number of nitrogens with one attached hydrogen (secondary N) is 1. The SMILES string of the molecule is Clc1cncc(Sc2cc3ccccc3[nH]2)n1. The molecule has 0 radical (unpaired) electrons. The van der Waals surface area contributed by atoms with Gasteiger partial charge >= 0.3 is 0 Å². The van der Waals surface area contributed by atoms with Crippen molar-refractivity contribution >= 4 is 34.3 Å². The van der Waals surface area contributed by atoms with Crippen molar-refractivity contribution in [3.63, 3.8) is 0 Å². The first-order valence-electron chi connectivity index (χ1n) is 5.04. The van der Waals surface area contributed by atoms with Crippen LogP contribution in [0.1, 0.15) is 0 Å². The van der Waals surface area contributed by atoms with Gasteiger partial charge < -0.3 is 4.98 Å². The van der Waals surface area contributed by atoms with Crippen molar-refractivity contribution in [1.82, 2.24) is 15.0 Å². The number of hydrogen-bond donors (Lipinski definition) is 1. The predicted octanol–water partition coefficient (Wildman–Crippen LogP) is 3.76. The number of halogens is 1. The van der Waals surface area contributed by atoms with E-state index in [0.29, 0.717) is 5.15 Å². The average Bonchev–Trinajstić information content (AvgIpc) is 2.71. The Labute approximate surface area is 107 Å². The van der Waals surface area contributed by atoms with E-state index in [1.54, 1.807) is 6.20 Å². The molecule has 0 saturated carbocycles. The molecule has 0 bridgehead atoms. The summed E-state index contributed by atoms with van der Waals surface area (Å²) in [6, 6.07) is 10.2. The molecule has 0 unspecified atom stereocenters. The fourth-order valence-corrected chi connectivity index (χ4v) is 2.62. The Morgan fingerprint density at radius 3 is 2.88 bits per heavy atom. The van der Waals surface area contributed by atoms with E-state index in [9.17, 15) is 0 Å². The fourth-order valence-electron chi connectivity index (χ4n) is 1.59. The third kappa shape index (κ3) is 2.28. The monoisotopic (exact) mass is 261 g/mol. The topological polar surface area (TPSA) is 41.6 Å². The summed E-state index contributed by atoms with van der Waals surface area (Å²) in [7, 11) is 0. The number of para-hydroxylation sites is 1. The Hall–Kier alpha value is -1.52. The predicted molar refractivity (Wildman–Crippen MR) is 69.5 cm³/mol. The maximum atomic E-state index is 5.79. The third-order valence-corrected chi connectivity index (χ3v) is 3.33. The van der Waals surface area contributed by atoms with Crippen LogP contribution in [0.2, 0.25) is 5.15 Å². The van der Waals surface area contributed by atoms with Crippen LogP contribution < -0.4 is 0 Å². The van der Waals surface area contributed by atoms with Crippen molar-refractivity contribution in [1.29, 1.82) is 0 Å². The molecule has 0 aliphatic heterocycles. The Bertz CT molecular complexity index is 632. The van der Waals surface area contributed by atoms with Gasteiger partial charge in [-0.15, -0.1) is 0 Å². The number of nitrogens with zero attached hydrogens (tertiary/aromatic N) is 2. The van der Waals surface area contributed by atoms with Crippen LogP contribution in [0.15, 0.2) is 52.8 Å². The lowest BCUT2D eigenvalue weighted by Gasteiger charge is -1.96. The summed E-state index contributed by atoms with van der Waals surface area (Å²) in [6.07, 6.45) is 3.22. The Morgan fingerprint density at radius 1 is 1.18 bits per heavy atom. The maximum Gasteiger partial charge on any atom is 0.148 e. The second-order valence-electron chi connectivity index (χ2n) is 3.50. The summed E-state index contributed by atoms with van der Waals surface area (Å²) in [6.45, 7) is 0. The zero-order valence-corrected chi connectivity index (χ0v) is 10.3. The third-order valence-electron chi connectivity index (χ3n) is 2.30. The number of benzene rings is 1. The van der Waals surface area contributed by atoms with E-state index in [1.165, 1.54) is 23.3 Å². The van der Waals surface area contributed by atoms with Gasteiger partial charge in [0.25, 0.3) is 0 Å². The largest absolute Gasteiger partial charge is 0.349 e. The van der Waals surface area contributed by atoms with Crippen molar-refractivity contribution in [3.8, 4) is 0 Å². The molecule has 5 heteroatoms. The minimum absolute atomic E-state index is 0.408. The summed E-state index contributed by atoms with van der Waals surface area (Å²) >= 11 is 7.31. The molecule has 1 aromatic carbocycles. The van der Waals surface area contributed by atoms with Gasteiger partial charge in [-0.25, -0.2) is 4.98 Å². The highest BCUT2D eigenvalue weighted by Gasteiger charge is 2.04. The van der Waals surface area contributed by atoms with Crippen molar-refractivity contribution < 1.29 is 0 Å². The zero-order chi connectivity index (χ0) is 11.7. The summed E-state index contributed by atoms with van der Waals surface area (Å²) < 4.78 is 0. The van der Waals surface area contributed by atoms with Crippen LogP contribution in [0, 0.1) is 0 Å². The van der Waals surface area contributed by atoms with E-state index < -0.39 is 0 Å². The molecule has 1 N–H and O–H groups in total. The quantitative estimate of drug-likeness (QED) is 0.764. The van der Waals surface area contributed by atoms with Crippen LogP contribution in [0.3, 0.4) is 0 Å². The molecule has 0 amide bonds. The first-order valence-corrected chi connectivity index (χ1v) is 6.24. The molecule has 0 atom stereocenters. The van der Waals surface area contributed by atoms with Gasteiger partial charge in [-0.3, -0.25) is 4.98 Å². The van der Waals surface area contributed by atoms with Gasteiger partial charge in [0.15, 0.2) is 0 Å². The first kappa shape index (κ1) is 10.6. The van der Waals surface area contributed by atoms with Gasteiger partial charge in [0.1, 0.15) is 10.2 Å².